The Labute approximate surface area is 117 Å². The van der Waals surface area contributed by atoms with Crippen LogP contribution in [-0.4, -0.2) is 20.6 Å². The van der Waals surface area contributed by atoms with Crippen LogP contribution in [0, 0.1) is 0 Å². The number of aromatic hydroxyl groups is 1. The van der Waals surface area contributed by atoms with Gasteiger partial charge in [0.2, 0.25) is 10.0 Å². The molecule has 6 heteroatoms. The van der Waals surface area contributed by atoms with E-state index < -0.39 is 10.0 Å². The van der Waals surface area contributed by atoms with Gasteiger partial charge in [-0.1, -0.05) is 18.2 Å². The van der Waals surface area contributed by atoms with Crippen LogP contribution in [0.5, 0.6) is 11.5 Å². The number of hydrogen-bond acceptors (Lipinski definition) is 4. The molecule has 0 saturated carbocycles. The van der Waals surface area contributed by atoms with Gasteiger partial charge in [0.25, 0.3) is 0 Å². The monoisotopic (exact) mass is 293 g/mol. The first-order chi connectivity index (χ1) is 9.51. The largest absolute Gasteiger partial charge is 0.508 e. The fourth-order valence-corrected chi connectivity index (χ4v) is 2.75. The molecular weight excluding hydrogens is 278 g/mol. The summed E-state index contributed by atoms with van der Waals surface area (Å²) in [5, 5.41) is 9.32. The summed E-state index contributed by atoms with van der Waals surface area (Å²) in [5.41, 5.74) is 0.785. The van der Waals surface area contributed by atoms with Crippen LogP contribution in [0.1, 0.15) is 5.56 Å². The Morgan fingerprint density at radius 2 is 1.90 bits per heavy atom. The fourth-order valence-electron chi connectivity index (χ4n) is 1.69. The Morgan fingerprint density at radius 3 is 2.60 bits per heavy atom. The van der Waals surface area contributed by atoms with Gasteiger partial charge in [-0.25, -0.2) is 13.1 Å². The average Bonchev–Trinajstić information content (AvgIpc) is 2.45. The van der Waals surface area contributed by atoms with Crippen molar-refractivity contribution < 1.29 is 18.3 Å². The van der Waals surface area contributed by atoms with Gasteiger partial charge < -0.3 is 9.84 Å². The molecule has 0 amide bonds. The van der Waals surface area contributed by atoms with Gasteiger partial charge in [0.15, 0.2) is 0 Å². The zero-order chi connectivity index (χ0) is 14.6. The molecule has 0 radical (unpaired) electrons. The predicted molar refractivity (Wildman–Crippen MR) is 75.1 cm³/mol. The van der Waals surface area contributed by atoms with Crippen molar-refractivity contribution in [1.82, 2.24) is 4.72 Å². The molecule has 0 spiro atoms. The number of hydrogen-bond donors (Lipinski definition) is 2. The second-order valence-electron chi connectivity index (χ2n) is 4.17. The number of methoxy groups -OCH3 is 1. The molecule has 2 rings (SSSR count). The molecule has 0 aliphatic rings. The lowest BCUT2D eigenvalue weighted by atomic mass is 10.2. The molecule has 0 heterocycles. The van der Waals surface area contributed by atoms with Crippen LogP contribution in [0.4, 0.5) is 0 Å². The Hall–Kier alpha value is -2.05. The molecule has 5 nitrogen and oxygen atoms in total. The third kappa shape index (κ3) is 3.49. The van der Waals surface area contributed by atoms with Crippen LogP contribution in [0.2, 0.25) is 0 Å². The van der Waals surface area contributed by atoms with E-state index in [0.717, 1.165) is 5.56 Å². The summed E-state index contributed by atoms with van der Waals surface area (Å²) in [6, 6.07) is 12.7. The minimum Gasteiger partial charge on any atom is -0.508 e. The molecule has 0 aliphatic heterocycles. The molecule has 106 valence electrons. The first kappa shape index (κ1) is 14.4. The van der Waals surface area contributed by atoms with Crippen LogP contribution in [0.15, 0.2) is 53.4 Å². The van der Waals surface area contributed by atoms with Gasteiger partial charge in [-0.05, 0) is 35.9 Å². The van der Waals surface area contributed by atoms with Crippen molar-refractivity contribution in [2.45, 2.75) is 11.4 Å². The molecule has 2 aromatic rings. The highest BCUT2D eigenvalue weighted by Gasteiger charge is 2.14. The smallest absolute Gasteiger partial charge is 0.241 e. The summed E-state index contributed by atoms with van der Waals surface area (Å²) in [4.78, 5) is 0.0281. The maximum absolute atomic E-state index is 12.1. The summed E-state index contributed by atoms with van der Waals surface area (Å²) < 4.78 is 31.7. The second kappa shape index (κ2) is 5.94. The van der Waals surface area contributed by atoms with Crippen LogP contribution in [0.3, 0.4) is 0 Å². The maximum Gasteiger partial charge on any atom is 0.241 e. The highest BCUT2D eigenvalue weighted by Crippen LogP contribution is 2.17. The molecule has 2 aromatic carbocycles. The van der Waals surface area contributed by atoms with Crippen LogP contribution in [0.25, 0.3) is 0 Å². The lowest BCUT2D eigenvalue weighted by Crippen LogP contribution is -2.23. The van der Waals surface area contributed by atoms with Crippen molar-refractivity contribution in [3.8, 4) is 11.5 Å². The van der Waals surface area contributed by atoms with Gasteiger partial charge >= 0.3 is 0 Å². The summed E-state index contributed by atoms with van der Waals surface area (Å²) in [5.74, 6) is 0.577. The highest BCUT2D eigenvalue weighted by molar-refractivity contribution is 7.89. The molecule has 0 fully saturated rings. The van der Waals surface area contributed by atoms with Crippen molar-refractivity contribution in [2.24, 2.45) is 0 Å². The average molecular weight is 293 g/mol. The van der Waals surface area contributed by atoms with E-state index >= 15 is 0 Å². The molecular formula is C14H15NO4S. The number of benzene rings is 2. The first-order valence-corrected chi connectivity index (χ1v) is 7.41. The number of rotatable bonds is 5. The van der Waals surface area contributed by atoms with E-state index in [1.165, 1.54) is 24.3 Å². The SMILES string of the molecule is COc1cccc(CNS(=O)(=O)c2cccc(O)c2)c1. The highest BCUT2D eigenvalue weighted by atomic mass is 32.2. The van der Waals surface area contributed by atoms with Crippen molar-refractivity contribution >= 4 is 10.0 Å². The first-order valence-electron chi connectivity index (χ1n) is 5.93. The van der Waals surface area contributed by atoms with Gasteiger partial charge in [0.05, 0.1) is 12.0 Å². The van der Waals surface area contributed by atoms with Crippen LogP contribution >= 0.6 is 0 Å². The number of phenols is 1. The quantitative estimate of drug-likeness (QED) is 0.882. The van der Waals surface area contributed by atoms with E-state index in [1.807, 2.05) is 0 Å². The van der Waals surface area contributed by atoms with Gasteiger partial charge in [-0.2, -0.15) is 0 Å². The number of sulfonamides is 1. The van der Waals surface area contributed by atoms with Crippen molar-refractivity contribution in [3.63, 3.8) is 0 Å². The Kier molecular flexibility index (Phi) is 4.26. The maximum atomic E-state index is 12.1. The minimum absolute atomic E-state index is 0.0281. The summed E-state index contributed by atoms with van der Waals surface area (Å²) >= 11 is 0. The van der Waals surface area contributed by atoms with Crippen molar-refractivity contribution in [2.75, 3.05) is 7.11 Å². The Bertz CT molecular complexity index is 698. The minimum atomic E-state index is -3.65. The van der Waals surface area contributed by atoms with Gasteiger partial charge in [0, 0.05) is 6.54 Å². The lowest BCUT2D eigenvalue weighted by Gasteiger charge is -2.08. The fraction of sp³-hybridized carbons (Fsp3) is 0.143. The number of ether oxygens (including phenoxy) is 1. The third-order valence-electron chi connectivity index (χ3n) is 2.73. The van der Waals surface area contributed by atoms with E-state index in [1.54, 1.807) is 31.4 Å². The molecule has 0 aromatic heterocycles. The molecule has 0 bridgehead atoms. The Balaban J connectivity index is 2.13. The van der Waals surface area contributed by atoms with Crippen LogP contribution < -0.4 is 9.46 Å². The lowest BCUT2D eigenvalue weighted by molar-refractivity contribution is 0.414. The number of nitrogens with one attached hydrogen (secondary N) is 1. The summed E-state index contributed by atoms with van der Waals surface area (Å²) in [7, 11) is -2.10. The zero-order valence-electron chi connectivity index (χ0n) is 10.9. The Morgan fingerprint density at radius 1 is 1.15 bits per heavy atom. The van der Waals surface area contributed by atoms with Crippen molar-refractivity contribution in [1.29, 1.82) is 0 Å². The molecule has 0 aliphatic carbocycles. The van der Waals surface area contributed by atoms with Gasteiger partial charge in [-0.3, -0.25) is 0 Å². The summed E-state index contributed by atoms with van der Waals surface area (Å²) in [6.45, 7) is 0.148. The predicted octanol–water partition coefficient (Wildman–Crippen LogP) is 1.88. The van der Waals surface area contributed by atoms with E-state index in [2.05, 4.69) is 4.72 Å². The standard InChI is InChI=1S/C14H15NO4S/c1-19-13-6-2-4-11(8-13)10-15-20(17,18)14-7-3-5-12(16)9-14/h2-9,15-16H,10H2,1H3. The zero-order valence-corrected chi connectivity index (χ0v) is 11.7. The molecule has 0 atom stereocenters. The second-order valence-corrected chi connectivity index (χ2v) is 5.94. The van der Waals surface area contributed by atoms with Gasteiger partial charge in [-0.15, -0.1) is 0 Å². The molecule has 2 N–H and O–H groups in total. The van der Waals surface area contributed by atoms with Crippen LogP contribution in [-0.2, 0) is 16.6 Å². The summed E-state index contributed by atoms with van der Waals surface area (Å²) in [6.07, 6.45) is 0. The van der Waals surface area contributed by atoms with E-state index in [0.29, 0.717) is 5.75 Å². The van der Waals surface area contributed by atoms with E-state index in [9.17, 15) is 13.5 Å². The topological polar surface area (TPSA) is 75.6 Å². The third-order valence-corrected chi connectivity index (χ3v) is 4.13. The molecule has 20 heavy (non-hydrogen) atoms. The molecule has 0 unspecified atom stereocenters. The van der Waals surface area contributed by atoms with Crippen molar-refractivity contribution in [3.05, 3.63) is 54.1 Å². The molecule has 0 saturated heterocycles. The van der Waals surface area contributed by atoms with Gasteiger partial charge in [0.1, 0.15) is 11.5 Å². The van der Waals surface area contributed by atoms with E-state index in [-0.39, 0.29) is 17.2 Å². The number of phenolic OH excluding ortho intramolecular Hbond substituents is 1. The normalized spacial score (nSPS) is 11.2. The van der Waals surface area contributed by atoms with E-state index in [4.69, 9.17) is 4.74 Å².